The summed E-state index contributed by atoms with van der Waals surface area (Å²) in [6.07, 6.45) is 7.07. The molecule has 2 aromatic heterocycles. The number of carbonyl (C=O) groups excluding carboxylic acids is 3. The highest BCUT2D eigenvalue weighted by atomic mass is 32.1. The predicted octanol–water partition coefficient (Wildman–Crippen LogP) is 7.00. The van der Waals surface area contributed by atoms with E-state index in [1.807, 2.05) is 18.2 Å². The van der Waals surface area contributed by atoms with Gasteiger partial charge in [0.05, 0.1) is 35.9 Å². The van der Waals surface area contributed by atoms with Gasteiger partial charge in [0.2, 0.25) is 5.91 Å². The van der Waals surface area contributed by atoms with E-state index in [0.717, 1.165) is 41.7 Å². The van der Waals surface area contributed by atoms with Crippen molar-refractivity contribution in [2.24, 2.45) is 5.41 Å². The molecule has 12 nitrogen and oxygen atoms in total. The van der Waals surface area contributed by atoms with Crippen LogP contribution in [0.3, 0.4) is 0 Å². The summed E-state index contributed by atoms with van der Waals surface area (Å²) in [6.45, 7) is 10.4. The summed E-state index contributed by atoms with van der Waals surface area (Å²) in [7, 11) is 1.69. The van der Waals surface area contributed by atoms with Crippen LogP contribution in [0.15, 0.2) is 60.9 Å². The monoisotopic (exact) mass is 769 g/mol. The molecule has 0 saturated carbocycles. The molecule has 1 aliphatic carbocycles. The summed E-state index contributed by atoms with van der Waals surface area (Å²) in [5.74, 6) is -2.81. The molecular formula is C42H51N5O7S. The number of carboxylic acid groups (broad SMARTS) is 2. The molecule has 55 heavy (non-hydrogen) atoms. The molecule has 1 aliphatic rings. The molecule has 0 fully saturated rings. The molecule has 2 heterocycles. The van der Waals surface area contributed by atoms with E-state index in [-0.39, 0.29) is 54.0 Å². The van der Waals surface area contributed by atoms with Crippen molar-refractivity contribution in [1.29, 1.82) is 0 Å². The second-order valence-electron chi connectivity index (χ2n) is 15.1. The molecule has 3 N–H and O–H groups in total. The van der Waals surface area contributed by atoms with E-state index in [4.69, 9.17) is 5.11 Å². The van der Waals surface area contributed by atoms with Crippen molar-refractivity contribution >= 4 is 45.9 Å². The lowest BCUT2D eigenvalue weighted by molar-refractivity contribution is -0.140. The Morgan fingerprint density at radius 2 is 1.73 bits per heavy atom. The van der Waals surface area contributed by atoms with Crippen molar-refractivity contribution in [3.8, 4) is 0 Å². The molecule has 4 aromatic rings. The SMILES string of the molecule is CCC(CC)N(CCN(C)C(=O)CCC(=O)O)Cc1cccc(C(=O)Nc2sc3c(c2C(=O)c2cnn(Cc4ccccc4C(=O)O)c2)CCC(C)(C)C3)c1. The lowest BCUT2D eigenvalue weighted by atomic mass is 9.76. The number of hydrogen-bond acceptors (Lipinski definition) is 8. The molecule has 0 saturated heterocycles. The number of fused-ring (bicyclic) bond motifs is 1. The topological polar surface area (TPSA) is 162 Å². The number of carbonyl (C=O) groups is 5. The fourth-order valence-electron chi connectivity index (χ4n) is 7.21. The zero-order valence-corrected chi connectivity index (χ0v) is 33.1. The van der Waals surface area contributed by atoms with Crippen LogP contribution >= 0.6 is 11.3 Å². The third-order valence-corrected chi connectivity index (χ3v) is 11.6. The fraction of sp³-hybridized carbons (Fsp3) is 0.429. The first-order chi connectivity index (χ1) is 26.2. The summed E-state index contributed by atoms with van der Waals surface area (Å²) in [5, 5.41) is 26.6. The number of nitrogens with one attached hydrogen (secondary N) is 1. The number of carboxylic acids is 2. The number of thiophene rings is 1. The van der Waals surface area contributed by atoms with Gasteiger partial charge in [-0.2, -0.15) is 5.10 Å². The summed E-state index contributed by atoms with van der Waals surface area (Å²) < 4.78 is 1.56. The maximum absolute atomic E-state index is 14.3. The number of ketones is 1. The number of aromatic carboxylic acids is 1. The maximum atomic E-state index is 14.3. The Hall–Kier alpha value is -5.14. The third-order valence-electron chi connectivity index (χ3n) is 10.4. The lowest BCUT2D eigenvalue weighted by Gasteiger charge is -2.32. The number of likely N-dealkylation sites (N-methyl/N-ethyl adjacent to an activating group) is 1. The van der Waals surface area contributed by atoms with Gasteiger partial charge in [0.1, 0.15) is 5.00 Å². The van der Waals surface area contributed by atoms with Crippen LogP contribution < -0.4 is 5.32 Å². The van der Waals surface area contributed by atoms with Crippen LogP contribution in [0.4, 0.5) is 5.00 Å². The first kappa shape index (κ1) is 41.0. The van der Waals surface area contributed by atoms with E-state index in [2.05, 4.69) is 43.0 Å². The fourth-order valence-corrected chi connectivity index (χ4v) is 8.71. The predicted molar refractivity (Wildman–Crippen MR) is 212 cm³/mol. The molecule has 0 unspecified atom stereocenters. The van der Waals surface area contributed by atoms with Crippen LogP contribution in [-0.2, 0) is 35.5 Å². The van der Waals surface area contributed by atoms with E-state index in [9.17, 15) is 29.1 Å². The van der Waals surface area contributed by atoms with Crippen molar-refractivity contribution in [2.45, 2.75) is 91.8 Å². The highest BCUT2D eigenvalue weighted by molar-refractivity contribution is 7.17. The molecule has 13 heteroatoms. The van der Waals surface area contributed by atoms with Gasteiger partial charge in [0.25, 0.3) is 5.91 Å². The van der Waals surface area contributed by atoms with Gasteiger partial charge in [-0.3, -0.25) is 28.8 Å². The highest BCUT2D eigenvalue weighted by Crippen LogP contribution is 2.44. The Kier molecular flexibility index (Phi) is 13.4. The number of aliphatic carboxylic acids is 1. The number of anilines is 1. The van der Waals surface area contributed by atoms with E-state index in [1.165, 1.54) is 23.6 Å². The minimum absolute atomic E-state index is 0.0421. The first-order valence-electron chi connectivity index (χ1n) is 18.8. The van der Waals surface area contributed by atoms with E-state index in [1.54, 1.807) is 47.1 Å². The Morgan fingerprint density at radius 1 is 0.982 bits per heavy atom. The second kappa shape index (κ2) is 18.0. The molecule has 0 aliphatic heterocycles. The van der Waals surface area contributed by atoms with E-state index < -0.39 is 11.9 Å². The summed E-state index contributed by atoms with van der Waals surface area (Å²) in [6, 6.07) is 14.4. The number of benzene rings is 2. The molecule has 5 rings (SSSR count). The average molecular weight is 770 g/mol. The number of amides is 2. The van der Waals surface area contributed by atoms with Gasteiger partial charge in [0.15, 0.2) is 5.78 Å². The Bertz CT molecular complexity index is 2050. The smallest absolute Gasteiger partial charge is 0.336 e. The summed E-state index contributed by atoms with van der Waals surface area (Å²) >= 11 is 1.45. The van der Waals surface area contributed by atoms with Crippen molar-refractivity contribution in [1.82, 2.24) is 19.6 Å². The molecule has 0 bridgehead atoms. The van der Waals surface area contributed by atoms with Gasteiger partial charge in [-0.05, 0) is 72.4 Å². The van der Waals surface area contributed by atoms with Crippen LogP contribution in [0.1, 0.15) is 118 Å². The van der Waals surface area contributed by atoms with Crippen molar-refractivity contribution in [3.05, 3.63) is 105 Å². The minimum Gasteiger partial charge on any atom is -0.481 e. The average Bonchev–Trinajstić information content (AvgIpc) is 3.76. The van der Waals surface area contributed by atoms with Gasteiger partial charge in [0, 0.05) is 55.8 Å². The van der Waals surface area contributed by atoms with Crippen LogP contribution in [0.2, 0.25) is 0 Å². The normalized spacial score (nSPS) is 13.4. The zero-order valence-electron chi connectivity index (χ0n) is 32.3. The molecule has 2 aromatic carbocycles. The third kappa shape index (κ3) is 10.3. The van der Waals surface area contributed by atoms with Crippen molar-refractivity contribution < 1.29 is 34.2 Å². The zero-order chi connectivity index (χ0) is 39.9. The lowest BCUT2D eigenvalue weighted by Crippen LogP contribution is -2.41. The molecule has 0 spiro atoms. The Balaban J connectivity index is 1.36. The Labute approximate surface area is 326 Å². The Morgan fingerprint density at radius 3 is 2.44 bits per heavy atom. The molecule has 0 atom stereocenters. The van der Waals surface area contributed by atoms with Crippen molar-refractivity contribution in [2.75, 3.05) is 25.5 Å². The summed E-state index contributed by atoms with van der Waals surface area (Å²) in [4.78, 5) is 68.4. The van der Waals surface area contributed by atoms with Gasteiger partial charge in [-0.1, -0.05) is 58.0 Å². The van der Waals surface area contributed by atoms with Gasteiger partial charge < -0.3 is 20.4 Å². The minimum atomic E-state index is -1.03. The number of aromatic nitrogens is 2. The molecule has 2 amide bonds. The van der Waals surface area contributed by atoms with Gasteiger partial charge in [-0.15, -0.1) is 11.3 Å². The van der Waals surface area contributed by atoms with Crippen LogP contribution in [0, 0.1) is 5.41 Å². The number of hydrogen-bond donors (Lipinski definition) is 3. The molecule has 0 radical (unpaired) electrons. The second-order valence-corrected chi connectivity index (χ2v) is 16.2. The maximum Gasteiger partial charge on any atom is 0.336 e. The van der Waals surface area contributed by atoms with Gasteiger partial charge in [-0.25, -0.2) is 4.79 Å². The van der Waals surface area contributed by atoms with Crippen LogP contribution in [0.25, 0.3) is 0 Å². The number of rotatable bonds is 18. The molecule has 292 valence electrons. The van der Waals surface area contributed by atoms with Crippen LogP contribution in [-0.4, -0.2) is 85.5 Å². The van der Waals surface area contributed by atoms with Crippen LogP contribution in [0.5, 0.6) is 0 Å². The quantitative estimate of drug-likeness (QED) is 0.0905. The largest absolute Gasteiger partial charge is 0.481 e. The summed E-state index contributed by atoms with van der Waals surface area (Å²) in [5.41, 5.74) is 3.97. The molecular weight excluding hydrogens is 719 g/mol. The van der Waals surface area contributed by atoms with E-state index >= 15 is 0 Å². The highest BCUT2D eigenvalue weighted by Gasteiger charge is 2.34. The van der Waals surface area contributed by atoms with Crippen molar-refractivity contribution in [3.63, 3.8) is 0 Å². The number of nitrogens with zero attached hydrogens (tertiary/aromatic N) is 4. The van der Waals surface area contributed by atoms with Gasteiger partial charge >= 0.3 is 11.9 Å². The van der Waals surface area contributed by atoms with E-state index in [0.29, 0.717) is 53.3 Å². The standard InChI is InChI=1S/C42H51N5O7S/c1-6-31(7-2)46(20-19-45(5)35(48)15-16-36(49)50)24-27-11-10-13-28(21-27)39(52)44-40-37(33-17-18-42(3,4)22-34(33)55-40)38(51)30-23-43-47(26-30)25-29-12-8-9-14-32(29)41(53)54/h8-14,21,23,26,31H,6-7,15-20,22,24-25H2,1-5H3,(H,44,52)(H,49,50)(H,53,54). The first-order valence-corrected chi connectivity index (χ1v) is 19.6.